The standard InChI is InChI=1S/C10H10Cl2N2/c11-7-4-8(12)6-9(5-7)14-10-2-1-3-13-10/h4-6H,1-3H2,(H,13,14). The number of benzene rings is 1. The number of hydrogen-bond donors (Lipinski definition) is 1. The van der Waals surface area contributed by atoms with Crippen LogP contribution >= 0.6 is 23.2 Å². The van der Waals surface area contributed by atoms with Crippen molar-refractivity contribution in [2.45, 2.75) is 12.8 Å². The van der Waals surface area contributed by atoms with Gasteiger partial charge in [-0.05, 0) is 24.6 Å². The molecule has 0 aromatic heterocycles. The molecule has 1 aromatic rings. The van der Waals surface area contributed by atoms with E-state index in [0.29, 0.717) is 10.0 Å². The van der Waals surface area contributed by atoms with E-state index in [-0.39, 0.29) is 0 Å². The van der Waals surface area contributed by atoms with Gasteiger partial charge in [0.15, 0.2) is 0 Å². The Morgan fingerprint density at radius 3 is 2.43 bits per heavy atom. The lowest BCUT2D eigenvalue weighted by Crippen LogP contribution is -2.07. The quantitative estimate of drug-likeness (QED) is 0.781. The molecule has 0 bridgehead atoms. The van der Waals surface area contributed by atoms with Gasteiger partial charge in [-0.2, -0.15) is 0 Å². The van der Waals surface area contributed by atoms with E-state index in [1.807, 2.05) is 12.1 Å². The lowest BCUT2D eigenvalue weighted by atomic mass is 10.3. The lowest BCUT2D eigenvalue weighted by Gasteiger charge is -2.06. The normalized spacial score (nSPS) is 15.4. The third-order valence-corrected chi connectivity index (χ3v) is 2.46. The summed E-state index contributed by atoms with van der Waals surface area (Å²) in [4.78, 5) is 4.31. The van der Waals surface area contributed by atoms with Crippen molar-refractivity contribution in [3.8, 4) is 0 Å². The molecule has 0 spiro atoms. The predicted molar refractivity (Wildman–Crippen MR) is 61.6 cm³/mol. The molecule has 1 N–H and O–H groups in total. The van der Waals surface area contributed by atoms with E-state index in [0.717, 1.165) is 30.9 Å². The number of amidine groups is 1. The number of nitrogens with one attached hydrogen (secondary N) is 1. The Morgan fingerprint density at radius 1 is 1.14 bits per heavy atom. The molecule has 0 atom stereocenters. The molecule has 14 heavy (non-hydrogen) atoms. The summed E-state index contributed by atoms with van der Waals surface area (Å²) >= 11 is 11.7. The third kappa shape index (κ3) is 2.40. The van der Waals surface area contributed by atoms with Crippen LogP contribution in [0.25, 0.3) is 0 Å². The van der Waals surface area contributed by atoms with E-state index >= 15 is 0 Å². The maximum absolute atomic E-state index is 5.87. The van der Waals surface area contributed by atoms with Gasteiger partial charge < -0.3 is 5.32 Å². The van der Waals surface area contributed by atoms with Gasteiger partial charge in [0, 0.05) is 28.7 Å². The molecule has 1 aromatic carbocycles. The first kappa shape index (κ1) is 9.81. The Morgan fingerprint density at radius 2 is 1.86 bits per heavy atom. The average Bonchev–Trinajstić information content (AvgIpc) is 2.54. The second-order valence-corrected chi connectivity index (χ2v) is 4.09. The molecule has 0 saturated heterocycles. The van der Waals surface area contributed by atoms with E-state index in [2.05, 4.69) is 10.3 Å². The zero-order valence-corrected chi connectivity index (χ0v) is 9.07. The van der Waals surface area contributed by atoms with Crippen LogP contribution in [0.5, 0.6) is 0 Å². The summed E-state index contributed by atoms with van der Waals surface area (Å²) in [6.45, 7) is 0.913. The second-order valence-electron chi connectivity index (χ2n) is 3.22. The van der Waals surface area contributed by atoms with Gasteiger partial charge in [0.25, 0.3) is 0 Å². The van der Waals surface area contributed by atoms with Crippen molar-refractivity contribution < 1.29 is 0 Å². The highest BCUT2D eigenvalue weighted by molar-refractivity contribution is 6.35. The molecule has 0 amide bonds. The minimum Gasteiger partial charge on any atom is -0.344 e. The van der Waals surface area contributed by atoms with Crippen LogP contribution in [0, 0.1) is 0 Å². The number of rotatable bonds is 1. The summed E-state index contributed by atoms with van der Waals surface area (Å²) in [7, 11) is 0. The molecule has 2 rings (SSSR count). The Labute approximate surface area is 92.9 Å². The number of hydrogen-bond acceptors (Lipinski definition) is 2. The summed E-state index contributed by atoms with van der Waals surface area (Å²) in [5.41, 5.74) is 0.906. The first-order valence-electron chi connectivity index (χ1n) is 4.50. The molecule has 4 heteroatoms. The fourth-order valence-electron chi connectivity index (χ4n) is 1.43. The molecule has 1 heterocycles. The van der Waals surface area contributed by atoms with E-state index < -0.39 is 0 Å². The Balaban J connectivity index is 2.15. The van der Waals surface area contributed by atoms with Crippen LogP contribution in [0.15, 0.2) is 23.2 Å². The van der Waals surface area contributed by atoms with Crippen LogP contribution in [-0.4, -0.2) is 12.4 Å². The molecule has 0 unspecified atom stereocenters. The fourth-order valence-corrected chi connectivity index (χ4v) is 1.96. The average molecular weight is 229 g/mol. The van der Waals surface area contributed by atoms with Gasteiger partial charge in [0.05, 0.1) is 0 Å². The zero-order valence-electron chi connectivity index (χ0n) is 7.56. The van der Waals surface area contributed by atoms with Crippen LogP contribution in [-0.2, 0) is 0 Å². The lowest BCUT2D eigenvalue weighted by molar-refractivity contribution is 0.951. The highest BCUT2D eigenvalue weighted by Gasteiger charge is 2.06. The van der Waals surface area contributed by atoms with Crippen molar-refractivity contribution in [3.05, 3.63) is 28.2 Å². The molecule has 1 aliphatic heterocycles. The maximum atomic E-state index is 5.87. The summed E-state index contributed by atoms with van der Waals surface area (Å²) in [6.07, 6.45) is 2.13. The maximum Gasteiger partial charge on any atom is 0.101 e. The number of halogens is 2. The van der Waals surface area contributed by atoms with Crippen molar-refractivity contribution in [1.82, 2.24) is 0 Å². The smallest absolute Gasteiger partial charge is 0.101 e. The van der Waals surface area contributed by atoms with Gasteiger partial charge in [0.1, 0.15) is 5.84 Å². The molecule has 0 fully saturated rings. The van der Waals surface area contributed by atoms with Crippen LogP contribution in [0.4, 0.5) is 5.69 Å². The van der Waals surface area contributed by atoms with Crippen molar-refractivity contribution >= 4 is 34.7 Å². The van der Waals surface area contributed by atoms with Gasteiger partial charge in [-0.3, -0.25) is 4.99 Å². The SMILES string of the molecule is Clc1cc(Cl)cc(NC2=NCCC2)c1. The predicted octanol–water partition coefficient (Wildman–Crippen LogP) is 3.60. The molecule has 2 nitrogen and oxygen atoms in total. The van der Waals surface area contributed by atoms with E-state index in [4.69, 9.17) is 23.2 Å². The minimum atomic E-state index is 0.638. The molecule has 1 aliphatic rings. The third-order valence-electron chi connectivity index (χ3n) is 2.03. The summed E-state index contributed by atoms with van der Waals surface area (Å²) in [6, 6.07) is 5.40. The molecule has 0 radical (unpaired) electrons. The monoisotopic (exact) mass is 228 g/mol. The fraction of sp³-hybridized carbons (Fsp3) is 0.300. The van der Waals surface area contributed by atoms with Crippen molar-refractivity contribution in [2.24, 2.45) is 4.99 Å². The van der Waals surface area contributed by atoms with Crippen molar-refractivity contribution in [3.63, 3.8) is 0 Å². The van der Waals surface area contributed by atoms with Gasteiger partial charge >= 0.3 is 0 Å². The highest BCUT2D eigenvalue weighted by atomic mass is 35.5. The van der Waals surface area contributed by atoms with Crippen molar-refractivity contribution in [1.29, 1.82) is 0 Å². The largest absolute Gasteiger partial charge is 0.344 e. The van der Waals surface area contributed by atoms with Crippen LogP contribution < -0.4 is 5.32 Å². The summed E-state index contributed by atoms with van der Waals surface area (Å²) < 4.78 is 0. The van der Waals surface area contributed by atoms with Gasteiger partial charge in [0.2, 0.25) is 0 Å². The Bertz CT molecular complexity index is 354. The highest BCUT2D eigenvalue weighted by Crippen LogP contribution is 2.23. The summed E-state index contributed by atoms with van der Waals surface area (Å²) in [5, 5.41) is 4.48. The van der Waals surface area contributed by atoms with Crippen LogP contribution in [0.3, 0.4) is 0 Å². The first-order chi connectivity index (χ1) is 6.74. The van der Waals surface area contributed by atoms with Crippen molar-refractivity contribution in [2.75, 3.05) is 11.9 Å². The number of aliphatic imine (C=N–C) groups is 1. The zero-order chi connectivity index (χ0) is 9.97. The first-order valence-corrected chi connectivity index (χ1v) is 5.26. The minimum absolute atomic E-state index is 0.638. The topological polar surface area (TPSA) is 24.4 Å². The molecular formula is C10H10Cl2N2. The Hall–Kier alpha value is -0.730. The van der Waals surface area contributed by atoms with Crippen LogP contribution in [0.2, 0.25) is 10.0 Å². The molecule has 0 aliphatic carbocycles. The van der Waals surface area contributed by atoms with Gasteiger partial charge in [-0.15, -0.1) is 0 Å². The van der Waals surface area contributed by atoms with Gasteiger partial charge in [-0.1, -0.05) is 23.2 Å². The number of anilines is 1. The van der Waals surface area contributed by atoms with Gasteiger partial charge in [-0.25, -0.2) is 0 Å². The van der Waals surface area contributed by atoms with E-state index in [1.165, 1.54) is 0 Å². The number of nitrogens with zero attached hydrogens (tertiary/aromatic N) is 1. The molecule has 0 saturated carbocycles. The van der Waals surface area contributed by atoms with E-state index in [1.54, 1.807) is 6.07 Å². The Kier molecular flexibility index (Phi) is 2.94. The van der Waals surface area contributed by atoms with E-state index in [9.17, 15) is 0 Å². The molecular weight excluding hydrogens is 219 g/mol. The molecule has 74 valence electrons. The second kappa shape index (κ2) is 4.20. The van der Waals surface area contributed by atoms with Crippen LogP contribution in [0.1, 0.15) is 12.8 Å². The summed E-state index contributed by atoms with van der Waals surface area (Å²) in [5.74, 6) is 1.02.